The summed E-state index contributed by atoms with van der Waals surface area (Å²) < 4.78 is 0. The van der Waals surface area contributed by atoms with Crippen molar-refractivity contribution in [2.75, 3.05) is 6.54 Å². The van der Waals surface area contributed by atoms with Gasteiger partial charge in [-0.15, -0.1) is 0 Å². The largest absolute Gasteiger partial charge is 0.385 e. The molecule has 0 saturated heterocycles. The molecule has 0 heterocycles. The molecule has 2 heteroatoms. The summed E-state index contributed by atoms with van der Waals surface area (Å²) in [6.07, 6.45) is 0.717. The second kappa shape index (κ2) is 5.19. The van der Waals surface area contributed by atoms with Gasteiger partial charge in [0.25, 0.3) is 0 Å². The lowest BCUT2D eigenvalue weighted by atomic mass is 9.89. The third kappa shape index (κ3) is 4.49. The SMILES string of the molecule is Cc1ccccc1C(C)(O)CCNC(C)(C)C. The first-order valence-electron chi connectivity index (χ1n) is 6.26. The fourth-order valence-corrected chi connectivity index (χ4v) is 1.99. The highest BCUT2D eigenvalue weighted by atomic mass is 16.3. The van der Waals surface area contributed by atoms with Crippen molar-refractivity contribution in [3.8, 4) is 0 Å². The van der Waals surface area contributed by atoms with Gasteiger partial charge < -0.3 is 10.4 Å². The van der Waals surface area contributed by atoms with E-state index in [1.165, 1.54) is 0 Å². The molecular formula is C15H25NO. The highest BCUT2D eigenvalue weighted by molar-refractivity contribution is 5.30. The van der Waals surface area contributed by atoms with Crippen LogP contribution in [0.25, 0.3) is 0 Å². The number of rotatable bonds is 4. The predicted molar refractivity (Wildman–Crippen MR) is 73.1 cm³/mol. The van der Waals surface area contributed by atoms with E-state index < -0.39 is 5.60 Å². The average Bonchev–Trinajstić information content (AvgIpc) is 2.15. The molecule has 1 aromatic rings. The van der Waals surface area contributed by atoms with E-state index in [0.29, 0.717) is 0 Å². The highest BCUT2D eigenvalue weighted by Gasteiger charge is 2.24. The van der Waals surface area contributed by atoms with Crippen LogP contribution in [0.1, 0.15) is 45.2 Å². The van der Waals surface area contributed by atoms with Crippen LogP contribution >= 0.6 is 0 Å². The van der Waals surface area contributed by atoms with Gasteiger partial charge in [-0.2, -0.15) is 0 Å². The van der Waals surface area contributed by atoms with Gasteiger partial charge in [-0.3, -0.25) is 0 Å². The van der Waals surface area contributed by atoms with Crippen LogP contribution in [0.2, 0.25) is 0 Å². The minimum atomic E-state index is -0.760. The van der Waals surface area contributed by atoms with Crippen LogP contribution in [0.4, 0.5) is 0 Å². The Kier molecular flexibility index (Phi) is 4.34. The minimum absolute atomic E-state index is 0.0990. The summed E-state index contributed by atoms with van der Waals surface area (Å²) in [5, 5.41) is 13.9. The molecule has 96 valence electrons. The molecular weight excluding hydrogens is 210 g/mol. The molecule has 0 bridgehead atoms. The lowest BCUT2D eigenvalue weighted by molar-refractivity contribution is 0.0458. The van der Waals surface area contributed by atoms with E-state index in [4.69, 9.17) is 0 Å². The maximum absolute atomic E-state index is 10.5. The van der Waals surface area contributed by atoms with Crippen LogP contribution in [-0.2, 0) is 5.60 Å². The highest BCUT2D eigenvalue weighted by Crippen LogP contribution is 2.26. The third-order valence-electron chi connectivity index (χ3n) is 2.99. The molecule has 1 rings (SSSR count). The Morgan fingerprint density at radius 3 is 2.24 bits per heavy atom. The lowest BCUT2D eigenvalue weighted by Crippen LogP contribution is -2.39. The fraction of sp³-hybridized carbons (Fsp3) is 0.600. The molecule has 1 unspecified atom stereocenters. The molecule has 0 aliphatic rings. The molecule has 0 amide bonds. The van der Waals surface area contributed by atoms with Crippen molar-refractivity contribution in [2.45, 2.75) is 52.2 Å². The summed E-state index contributed by atoms with van der Waals surface area (Å²) in [6.45, 7) is 11.1. The summed E-state index contributed by atoms with van der Waals surface area (Å²) in [6, 6.07) is 8.03. The quantitative estimate of drug-likeness (QED) is 0.841. The first kappa shape index (κ1) is 14.2. The van der Waals surface area contributed by atoms with E-state index in [-0.39, 0.29) is 5.54 Å². The number of hydrogen-bond acceptors (Lipinski definition) is 2. The molecule has 0 fully saturated rings. The van der Waals surface area contributed by atoms with E-state index in [0.717, 1.165) is 24.1 Å². The zero-order valence-corrected chi connectivity index (χ0v) is 11.7. The number of aliphatic hydroxyl groups is 1. The average molecular weight is 235 g/mol. The van der Waals surface area contributed by atoms with E-state index in [9.17, 15) is 5.11 Å². The zero-order chi connectivity index (χ0) is 13.1. The molecule has 0 aliphatic heterocycles. The van der Waals surface area contributed by atoms with Crippen LogP contribution in [0.15, 0.2) is 24.3 Å². The maximum Gasteiger partial charge on any atom is 0.0883 e. The first-order valence-corrected chi connectivity index (χ1v) is 6.26. The van der Waals surface area contributed by atoms with Crippen molar-refractivity contribution < 1.29 is 5.11 Å². The van der Waals surface area contributed by atoms with Gasteiger partial charge in [-0.25, -0.2) is 0 Å². The number of aryl methyl sites for hydroxylation is 1. The molecule has 0 aromatic heterocycles. The Labute approximate surface area is 105 Å². The second-order valence-electron chi connectivity index (χ2n) is 6.02. The van der Waals surface area contributed by atoms with Crippen molar-refractivity contribution >= 4 is 0 Å². The molecule has 0 aliphatic carbocycles. The molecule has 2 N–H and O–H groups in total. The van der Waals surface area contributed by atoms with E-state index in [2.05, 4.69) is 26.1 Å². The van der Waals surface area contributed by atoms with Gasteiger partial charge >= 0.3 is 0 Å². The lowest BCUT2D eigenvalue weighted by Gasteiger charge is -2.28. The minimum Gasteiger partial charge on any atom is -0.385 e. The van der Waals surface area contributed by atoms with Gasteiger partial charge in [0, 0.05) is 5.54 Å². The Morgan fingerprint density at radius 1 is 1.12 bits per heavy atom. The normalized spacial score (nSPS) is 15.6. The molecule has 0 radical (unpaired) electrons. The Morgan fingerprint density at radius 2 is 1.71 bits per heavy atom. The van der Waals surface area contributed by atoms with Gasteiger partial charge in [0.05, 0.1) is 5.60 Å². The fourth-order valence-electron chi connectivity index (χ4n) is 1.99. The maximum atomic E-state index is 10.5. The van der Waals surface area contributed by atoms with Gasteiger partial charge in [0.15, 0.2) is 0 Å². The van der Waals surface area contributed by atoms with Crippen molar-refractivity contribution in [3.05, 3.63) is 35.4 Å². The number of nitrogens with one attached hydrogen (secondary N) is 1. The van der Waals surface area contributed by atoms with Gasteiger partial charge in [-0.1, -0.05) is 24.3 Å². The topological polar surface area (TPSA) is 32.3 Å². The molecule has 0 spiro atoms. The predicted octanol–water partition coefficient (Wildman–Crippen LogP) is 2.98. The van der Waals surface area contributed by atoms with Crippen LogP contribution in [0.5, 0.6) is 0 Å². The second-order valence-corrected chi connectivity index (χ2v) is 6.02. The number of hydrogen-bond donors (Lipinski definition) is 2. The number of benzene rings is 1. The molecule has 0 saturated carbocycles. The van der Waals surface area contributed by atoms with E-state index in [1.54, 1.807) is 0 Å². The Bertz CT molecular complexity index is 363. The van der Waals surface area contributed by atoms with Crippen LogP contribution < -0.4 is 5.32 Å². The van der Waals surface area contributed by atoms with Crippen molar-refractivity contribution in [3.63, 3.8) is 0 Å². The van der Waals surface area contributed by atoms with E-state index >= 15 is 0 Å². The first-order chi connectivity index (χ1) is 7.72. The molecule has 17 heavy (non-hydrogen) atoms. The van der Waals surface area contributed by atoms with Crippen LogP contribution in [0, 0.1) is 6.92 Å². The molecule has 1 aromatic carbocycles. The zero-order valence-electron chi connectivity index (χ0n) is 11.7. The van der Waals surface area contributed by atoms with Crippen molar-refractivity contribution in [1.29, 1.82) is 0 Å². The summed E-state index contributed by atoms with van der Waals surface area (Å²) >= 11 is 0. The summed E-state index contributed by atoms with van der Waals surface area (Å²) in [5.41, 5.74) is 1.51. The van der Waals surface area contributed by atoms with Gasteiger partial charge in [0.1, 0.15) is 0 Å². The molecule has 1 atom stereocenters. The summed E-state index contributed by atoms with van der Waals surface area (Å²) in [4.78, 5) is 0. The monoisotopic (exact) mass is 235 g/mol. The Hall–Kier alpha value is -0.860. The standard InChI is InChI=1S/C15H25NO/c1-12-8-6-7-9-13(12)15(5,17)10-11-16-14(2,3)4/h6-9,16-17H,10-11H2,1-5H3. The third-order valence-corrected chi connectivity index (χ3v) is 2.99. The summed E-state index contributed by atoms with van der Waals surface area (Å²) in [7, 11) is 0. The van der Waals surface area contributed by atoms with Gasteiger partial charge in [0.2, 0.25) is 0 Å². The summed E-state index contributed by atoms with van der Waals surface area (Å²) in [5.74, 6) is 0. The Balaban J connectivity index is 2.66. The van der Waals surface area contributed by atoms with Crippen LogP contribution in [0.3, 0.4) is 0 Å². The molecule has 2 nitrogen and oxygen atoms in total. The van der Waals surface area contributed by atoms with Crippen molar-refractivity contribution in [1.82, 2.24) is 5.32 Å². The smallest absolute Gasteiger partial charge is 0.0883 e. The van der Waals surface area contributed by atoms with Crippen LogP contribution in [-0.4, -0.2) is 17.2 Å². The van der Waals surface area contributed by atoms with Crippen molar-refractivity contribution in [2.24, 2.45) is 0 Å². The van der Waals surface area contributed by atoms with Gasteiger partial charge in [-0.05, 0) is 58.7 Å². The van der Waals surface area contributed by atoms with E-state index in [1.807, 2.05) is 38.1 Å².